The minimum atomic E-state index is -1.66. The molecule has 0 saturated heterocycles. The summed E-state index contributed by atoms with van der Waals surface area (Å²) in [6.45, 7) is 1.25. The van der Waals surface area contributed by atoms with Crippen LogP contribution in [0.2, 0.25) is 0 Å². The Morgan fingerprint density at radius 2 is 1.67 bits per heavy atom. The normalized spacial score (nSPS) is 12.8. The lowest BCUT2D eigenvalue weighted by Crippen LogP contribution is -2.50. The highest BCUT2D eigenvalue weighted by molar-refractivity contribution is 5.96. The molecule has 0 aliphatic rings. The van der Waals surface area contributed by atoms with E-state index in [1.165, 1.54) is 6.92 Å². The molecule has 0 aliphatic heterocycles. The van der Waals surface area contributed by atoms with E-state index in [-0.39, 0.29) is 5.56 Å². The first-order valence-corrected chi connectivity index (χ1v) is 7.74. The number of ether oxygens (including phenoxy) is 2. The fourth-order valence-corrected chi connectivity index (χ4v) is 2.45. The number of halogens is 2. The van der Waals surface area contributed by atoms with Gasteiger partial charge in [-0.1, -0.05) is 13.0 Å². The van der Waals surface area contributed by atoms with Crippen LogP contribution < -0.4 is 5.32 Å². The smallest absolute Gasteiger partial charge is 0.326 e. The number of carboxylic acids is 1. The van der Waals surface area contributed by atoms with Gasteiger partial charge in [0.2, 0.25) is 5.91 Å². The number of methoxy groups -OCH3 is 2. The van der Waals surface area contributed by atoms with E-state index < -0.39 is 59.7 Å². The van der Waals surface area contributed by atoms with Gasteiger partial charge in [0.1, 0.15) is 17.7 Å². The quantitative estimate of drug-likeness (QED) is 0.497. The Balaban J connectivity index is 2.99. The van der Waals surface area contributed by atoms with E-state index in [2.05, 4.69) is 14.8 Å². The molecule has 0 radical (unpaired) electrons. The van der Waals surface area contributed by atoms with Gasteiger partial charge in [-0.25, -0.2) is 13.6 Å². The Kier molecular flexibility index (Phi) is 7.82. The molecule has 0 fully saturated rings. The number of amides is 1. The van der Waals surface area contributed by atoms with Crippen molar-refractivity contribution in [2.75, 3.05) is 14.2 Å². The summed E-state index contributed by atoms with van der Waals surface area (Å²) in [7, 11) is 2.02. The van der Waals surface area contributed by atoms with Crippen molar-refractivity contribution in [2.45, 2.75) is 19.4 Å². The minimum Gasteiger partial charge on any atom is -0.480 e. The van der Waals surface area contributed by atoms with Crippen molar-refractivity contribution in [2.24, 2.45) is 11.8 Å². The number of nitrogens with one attached hydrogen (secondary N) is 1. The Labute approximate surface area is 153 Å². The first-order chi connectivity index (χ1) is 12.6. The van der Waals surface area contributed by atoms with Crippen molar-refractivity contribution in [3.8, 4) is 0 Å². The maximum Gasteiger partial charge on any atom is 0.326 e. The number of benzene rings is 1. The number of esters is 2. The maximum absolute atomic E-state index is 13.6. The van der Waals surface area contributed by atoms with Gasteiger partial charge < -0.3 is 19.9 Å². The standard InChI is InChI=1S/C17H19F2NO7/c1-8(13(16(24)26-2)17(25)27-3)14(15(22)23)20-12(21)6-9-4-5-10(18)7-11(9)19/h4-5,7-8,13-14H,6H2,1-3H3,(H,20,21)(H,22,23)/t8-,14+/m0/s1. The van der Waals surface area contributed by atoms with E-state index in [1.807, 2.05) is 0 Å². The lowest BCUT2D eigenvalue weighted by molar-refractivity contribution is -0.163. The van der Waals surface area contributed by atoms with Crippen molar-refractivity contribution in [3.05, 3.63) is 35.4 Å². The lowest BCUT2D eigenvalue weighted by atomic mass is 9.87. The van der Waals surface area contributed by atoms with Gasteiger partial charge in [-0.3, -0.25) is 14.4 Å². The lowest BCUT2D eigenvalue weighted by Gasteiger charge is -2.26. The number of hydrogen-bond acceptors (Lipinski definition) is 6. The Morgan fingerprint density at radius 1 is 1.11 bits per heavy atom. The molecule has 1 aromatic carbocycles. The molecule has 1 aromatic rings. The summed E-state index contributed by atoms with van der Waals surface area (Å²) in [4.78, 5) is 47.3. The van der Waals surface area contributed by atoms with Gasteiger partial charge in [0, 0.05) is 12.0 Å². The van der Waals surface area contributed by atoms with Crippen LogP contribution in [-0.2, 0) is 35.1 Å². The van der Waals surface area contributed by atoms with E-state index in [0.717, 1.165) is 26.4 Å². The summed E-state index contributed by atoms with van der Waals surface area (Å²) < 4.78 is 35.5. The van der Waals surface area contributed by atoms with Crippen molar-refractivity contribution < 1.29 is 42.5 Å². The average molecular weight is 387 g/mol. The predicted octanol–water partition coefficient (Wildman–Crippen LogP) is 0.675. The molecular formula is C17H19F2NO7. The van der Waals surface area contributed by atoms with E-state index in [9.17, 15) is 33.1 Å². The van der Waals surface area contributed by atoms with Crippen LogP contribution in [0.5, 0.6) is 0 Å². The molecule has 2 N–H and O–H groups in total. The van der Waals surface area contributed by atoms with Crippen molar-refractivity contribution in [1.82, 2.24) is 5.32 Å². The van der Waals surface area contributed by atoms with Gasteiger partial charge in [-0.2, -0.15) is 0 Å². The molecular weight excluding hydrogens is 368 g/mol. The number of carbonyl (C=O) groups excluding carboxylic acids is 3. The highest BCUT2D eigenvalue weighted by Crippen LogP contribution is 2.20. The first kappa shape index (κ1) is 22.0. The topological polar surface area (TPSA) is 119 Å². The summed E-state index contributed by atoms with van der Waals surface area (Å²) in [5.41, 5.74) is -0.150. The molecule has 8 nitrogen and oxygen atoms in total. The SMILES string of the molecule is COC(=O)C(C(=O)OC)[C@H](C)[C@@H](NC(=O)Cc1ccc(F)cc1F)C(=O)O. The summed E-state index contributed by atoms with van der Waals surface area (Å²) in [5, 5.41) is 11.5. The van der Waals surface area contributed by atoms with E-state index in [1.54, 1.807) is 0 Å². The van der Waals surface area contributed by atoms with Crippen LogP contribution in [0.4, 0.5) is 8.78 Å². The van der Waals surface area contributed by atoms with Crippen molar-refractivity contribution in [3.63, 3.8) is 0 Å². The van der Waals surface area contributed by atoms with Crippen LogP contribution in [-0.4, -0.2) is 49.2 Å². The van der Waals surface area contributed by atoms with Gasteiger partial charge in [0.25, 0.3) is 0 Å². The second-order valence-corrected chi connectivity index (χ2v) is 5.68. The molecule has 0 unspecified atom stereocenters. The van der Waals surface area contributed by atoms with Crippen LogP contribution >= 0.6 is 0 Å². The second-order valence-electron chi connectivity index (χ2n) is 5.68. The zero-order valence-electron chi connectivity index (χ0n) is 14.8. The molecule has 0 aromatic heterocycles. The Hall–Kier alpha value is -3.04. The molecule has 10 heteroatoms. The maximum atomic E-state index is 13.6. The molecule has 1 amide bonds. The number of aliphatic carboxylic acids is 1. The third-order valence-corrected chi connectivity index (χ3v) is 3.91. The third-order valence-electron chi connectivity index (χ3n) is 3.91. The Morgan fingerprint density at radius 3 is 2.11 bits per heavy atom. The average Bonchev–Trinajstić information content (AvgIpc) is 2.61. The zero-order valence-corrected chi connectivity index (χ0v) is 14.8. The highest BCUT2D eigenvalue weighted by Gasteiger charge is 2.42. The van der Waals surface area contributed by atoms with Crippen LogP contribution in [0.15, 0.2) is 18.2 Å². The molecule has 0 aliphatic carbocycles. The molecule has 2 atom stereocenters. The second kappa shape index (κ2) is 9.60. The van der Waals surface area contributed by atoms with Gasteiger partial charge >= 0.3 is 17.9 Å². The monoisotopic (exact) mass is 387 g/mol. The minimum absolute atomic E-state index is 0.150. The first-order valence-electron chi connectivity index (χ1n) is 7.74. The van der Waals surface area contributed by atoms with E-state index in [0.29, 0.717) is 6.07 Å². The predicted molar refractivity (Wildman–Crippen MR) is 86.3 cm³/mol. The van der Waals surface area contributed by atoms with Crippen LogP contribution in [0.1, 0.15) is 12.5 Å². The Bertz CT molecular complexity index is 722. The van der Waals surface area contributed by atoms with Crippen LogP contribution in [0.25, 0.3) is 0 Å². The molecule has 27 heavy (non-hydrogen) atoms. The van der Waals surface area contributed by atoms with Gasteiger partial charge in [-0.05, 0) is 11.6 Å². The number of carboxylic acid groups (broad SMARTS) is 1. The fourth-order valence-electron chi connectivity index (χ4n) is 2.45. The van der Waals surface area contributed by atoms with E-state index in [4.69, 9.17) is 0 Å². The largest absolute Gasteiger partial charge is 0.480 e. The van der Waals surface area contributed by atoms with Crippen LogP contribution in [0, 0.1) is 23.5 Å². The van der Waals surface area contributed by atoms with Crippen LogP contribution in [0.3, 0.4) is 0 Å². The summed E-state index contributed by atoms with van der Waals surface area (Å²) in [5.74, 6) is -9.09. The number of hydrogen-bond donors (Lipinski definition) is 2. The van der Waals surface area contributed by atoms with Gasteiger partial charge in [0.15, 0.2) is 5.92 Å². The van der Waals surface area contributed by atoms with E-state index >= 15 is 0 Å². The van der Waals surface area contributed by atoms with Crippen molar-refractivity contribution >= 4 is 23.8 Å². The zero-order chi connectivity index (χ0) is 20.7. The highest BCUT2D eigenvalue weighted by atomic mass is 19.1. The molecule has 0 heterocycles. The van der Waals surface area contributed by atoms with Gasteiger partial charge in [-0.15, -0.1) is 0 Å². The number of rotatable bonds is 8. The van der Waals surface area contributed by atoms with Gasteiger partial charge in [0.05, 0.1) is 20.6 Å². The molecule has 0 spiro atoms. The molecule has 0 saturated carbocycles. The summed E-state index contributed by atoms with van der Waals surface area (Å²) in [6.07, 6.45) is -0.566. The molecule has 1 rings (SSSR count). The fraction of sp³-hybridized carbons (Fsp3) is 0.412. The molecule has 0 bridgehead atoms. The third kappa shape index (κ3) is 5.73. The molecule has 148 valence electrons. The summed E-state index contributed by atoms with van der Waals surface area (Å²) >= 11 is 0. The number of carbonyl (C=O) groups is 4. The van der Waals surface area contributed by atoms with Crippen molar-refractivity contribution in [1.29, 1.82) is 0 Å². The summed E-state index contributed by atoms with van der Waals surface area (Å²) in [6, 6.07) is 0.928.